The van der Waals surface area contributed by atoms with Gasteiger partial charge in [0, 0.05) is 12.1 Å². The summed E-state index contributed by atoms with van der Waals surface area (Å²) in [5.74, 6) is 0.780. The van der Waals surface area contributed by atoms with Crippen molar-refractivity contribution in [3.8, 4) is 6.07 Å². The van der Waals surface area contributed by atoms with E-state index in [0.717, 1.165) is 37.5 Å². The number of nitrogens with zero attached hydrogens (tertiary/aromatic N) is 2. The molecular weight excluding hydrogens is 292 g/mol. The molecule has 0 bridgehead atoms. The monoisotopic (exact) mass is 322 g/mol. The number of hydrogen-bond donors (Lipinski definition) is 0. The molecule has 2 heteroatoms. The van der Waals surface area contributed by atoms with Crippen LogP contribution in [0.2, 0.25) is 0 Å². The zero-order valence-corrected chi connectivity index (χ0v) is 15.0. The number of likely N-dealkylation sites (tertiary alicyclic amines) is 1. The summed E-state index contributed by atoms with van der Waals surface area (Å²) >= 11 is 0. The van der Waals surface area contributed by atoms with Crippen molar-refractivity contribution in [2.24, 2.45) is 5.92 Å². The van der Waals surface area contributed by atoms with Gasteiger partial charge in [0.1, 0.15) is 0 Å². The second-order valence-electron chi connectivity index (χ2n) is 6.10. The zero-order chi connectivity index (χ0) is 17.6. The molecule has 1 aliphatic rings. The van der Waals surface area contributed by atoms with Crippen molar-refractivity contribution in [3.63, 3.8) is 0 Å². The normalized spacial score (nSPS) is 18.2. The van der Waals surface area contributed by atoms with Gasteiger partial charge in [0.15, 0.2) is 0 Å². The van der Waals surface area contributed by atoms with E-state index in [9.17, 15) is 0 Å². The summed E-state index contributed by atoms with van der Waals surface area (Å²) in [7, 11) is 0. The highest BCUT2D eigenvalue weighted by atomic mass is 15.1. The number of piperidine rings is 1. The largest absolute Gasteiger partial charge is 0.303 e. The number of hydrogen-bond acceptors (Lipinski definition) is 2. The number of allylic oxidation sites excluding steroid dienone is 9. The molecule has 2 nitrogen and oxygen atoms in total. The number of nitriles is 1. The molecule has 1 rings (SSSR count). The van der Waals surface area contributed by atoms with Gasteiger partial charge >= 0.3 is 0 Å². The molecule has 0 unspecified atom stereocenters. The van der Waals surface area contributed by atoms with Crippen LogP contribution in [-0.2, 0) is 0 Å². The third kappa shape index (κ3) is 7.94. The van der Waals surface area contributed by atoms with Crippen LogP contribution in [0.3, 0.4) is 0 Å². The molecule has 0 radical (unpaired) electrons. The molecule has 24 heavy (non-hydrogen) atoms. The Labute approximate surface area is 147 Å². The van der Waals surface area contributed by atoms with Crippen molar-refractivity contribution in [1.29, 1.82) is 5.26 Å². The van der Waals surface area contributed by atoms with Gasteiger partial charge in [-0.05, 0) is 57.7 Å². The molecule has 128 valence electrons. The first-order valence-corrected chi connectivity index (χ1v) is 8.79. The molecule has 1 fully saturated rings. The Hall–Kier alpha value is -2.11. The predicted octanol–water partition coefficient (Wildman–Crippen LogP) is 5.36. The topological polar surface area (TPSA) is 27.0 Å². The highest BCUT2D eigenvalue weighted by Gasteiger charge is 2.18. The molecule has 0 aromatic rings. The van der Waals surface area contributed by atoms with Crippen LogP contribution in [0.1, 0.15) is 32.6 Å². The average Bonchev–Trinajstić information content (AvgIpc) is 2.62. The fourth-order valence-corrected chi connectivity index (χ4v) is 2.95. The zero-order valence-electron chi connectivity index (χ0n) is 15.0. The second-order valence-corrected chi connectivity index (χ2v) is 6.10. The Balaban J connectivity index is 2.35. The van der Waals surface area contributed by atoms with E-state index in [1.54, 1.807) is 12.2 Å². The summed E-state index contributed by atoms with van der Waals surface area (Å²) in [4.78, 5) is 2.51. The van der Waals surface area contributed by atoms with Gasteiger partial charge in [-0.2, -0.15) is 5.26 Å². The van der Waals surface area contributed by atoms with Crippen LogP contribution in [0.25, 0.3) is 0 Å². The van der Waals surface area contributed by atoms with Crippen LogP contribution in [0.5, 0.6) is 0 Å². The molecular formula is C22H30N2. The van der Waals surface area contributed by atoms with Gasteiger partial charge in [-0.25, -0.2) is 0 Å². The standard InChI is InChI=1S/C22H30N2/c1-4-7-10-20(6-3)18-21-13-16-24(17-14-21)15-9-12-22(19-23)11-8-5-2/h4-8,10-12,21H,1-2,9,13-18H2,3H3/b10-7-,11-8-,20-6+,22-12+. The fourth-order valence-electron chi connectivity index (χ4n) is 2.95. The SMILES string of the molecule is C=C/C=C\C(=C/C)CC1CCN(CC/C=C(C#N)\C=C/C=C)CC1. The number of rotatable bonds is 9. The van der Waals surface area contributed by atoms with E-state index < -0.39 is 0 Å². The van der Waals surface area contributed by atoms with E-state index in [1.807, 2.05) is 24.3 Å². The Morgan fingerprint density at radius 2 is 1.83 bits per heavy atom. The summed E-state index contributed by atoms with van der Waals surface area (Å²) in [6, 6.07) is 2.21. The first kappa shape index (κ1) is 19.9. The Morgan fingerprint density at radius 3 is 2.42 bits per heavy atom. The van der Waals surface area contributed by atoms with Crippen LogP contribution >= 0.6 is 0 Å². The molecule has 0 atom stereocenters. The highest BCUT2D eigenvalue weighted by molar-refractivity contribution is 5.34. The molecule has 0 aromatic heterocycles. The van der Waals surface area contributed by atoms with Crippen LogP contribution in [-0.4, -0.2) is 24.5 Å². The van der Waals surface area contributed by atoms with E-state index in [4.69, 9.17) is 5.26 Å². The first-order chi connectivity index (χ1) is 11.7. The lowest BCUT2D eigenvalue weighted by molar-refractivity contribution is 0.187. The Bertz CT molecular complexity index is 547. The molecule has 1 heterocycles. The molecule has 0 spiro atoms. The van der Waals surface area contributed by atoms with E-state index in [2.05, 4.69) is 43.2 Å². The van der Waals surface area contributed by atoms with Gasteiger partial charge in [-0.15, -0.1) is 0 Å². The minimum absolute atomic E-state index is 0.719. The lowest BCUT2D eigenvalue weighted by Gasteiger charge is -2.32. The molecule has 0 saturated carbocycles. The third-order valence-electron chi connectivity index (χ3n) is 4.40. The van der Waals surface area contributed by atoms with E-state index in [-0.39, 0.29) is 0 Å². The average molecular weight is 322 g/mol. The lowest BCUT2D eigenvalue weighted by atomic mass is 9.89. The lowest BCUT2D eigenvalue weighted by Crippen LogP contribution is -2.34. The molecule has 0 amide bonds. The van der Waals surface area contributed by atoms with Crippen molar-refractivity contribution in [2.75, 3.05) is 19.6 Å². The maximum Gasteiger partial charge on any atom is 0.0988 e. The molecule has 0 aromatic carbocycles. The van der Waals surface area contributed by atoms with Crippen molar-refractivity contribution >= 4 is 0 Å². The quantitative estimate of drug-likeness (QED) is 0.422. The Kier molecular flexibility index (Phi) is 10.2. The molecule has 0 N–H and O–H groups in total. The summed E-state index contributed by atoms with van der Waals surface area (Å²) in [5.41, 5.74) is 2.13. The van der Waals surface area contributed by atoms with Crippen molar-refractivity contribution in [3.05, 3.63) is 72.9 Å². The maximum absolute atomic E-state index is 9.06. The van der Waals surface area contributed by atoms with Crippen molar-refractivity contribution in [2.45, 2.75) is 32.6 Å². The minimum Gasteiger partial charge on any atom is -0.303 e. The maximum atomic E-state index is 9.06. The van der Waals surface area contributed by atoms with Crippen molar-refractivity contribution in [1.82, 2.24) is 4.90 Å². The van der Waals surface area contributed by atoms with Crippen LogP contribution < -0.4 is 0 Å². The first-order valence-electron chi connectivity index (χ1n) is 8.79. The summed E-state index contributed by atoms with van der Waals surface area (Å²) in [6.07, 6.45) is 20.2. The van der Waals surface area contributed by atoms with Crippen LogP contribution in [0.15, 0.2) is 72.9 Å². The highest BCUT2D eigenvalue weighted by Crippen LogP contribution is 2.24. The van der Waals surface area contributed by atoms with Gasteiger partial charge in [0.2, 0.25) is 0 Å². The molecule has 0 aliphatic carbocycles. The van der Waals surface area contributed by atoms with E-state index >= 15 is 0 Å². The van der Waals surface area contributed by atoms with E-state index in [0.29, 0.717) is 0 Å². The summed E-state index contributed by atoms with van der Waals surface area (Å²) in [6.45, 7) is 12.8. The van der Waals surface area contributed by atoms with Gasteiger partial charge in [0.05, 0.1) is 6.07 Å². The van der Waals surface area contributed by atoms with Crippen LogP contribution in [0.4, 0.5) is 0 Å². The molecule has 1 aliphatic heterocycles. The van der Waals surface area contributed by atoms with Gasteiger partial charge in [0.25, 0.3) is 0 Å². The van der Waals surface area contributed by atoms with Gasteiger partial charge in [-0.1, -0.05) is 61.3 Å². The summed E-state index contributed by atoms with van der Waals surface area (Å²) < 4.78 is 0. The molecule has 1 saturated heterocycles. The third-order valence-corrected chi connectivity index (χ3v) is 4.40. The minimum atomic E-state index is 0.719. The summed E-state index contributed by atoms with van der Waals surface area (Å²) in [5, 5.41) is 9.06. The van der Waals surface area contributed by atoms with E-state index in [1.165, 1.54) is 24.8 Å². The smallest absolute Gasteiger partial charge is 0.0988 e. The Morgan fingerprint density at radius 1 is 1.17 bits per heavy atom. The predicted molar refractivity (Wildman–Crippen MR) is 105 cm³/mol. The second kappa shape index (κ2) is 12.3. The fraction of sp³-hybridized carbons (Fsp3) is 0.409. The van der Waals surface area contributed by atoms with Gasteiger partial charge in [-0.3, -0.25) is 0 Å². The van der Waals surface area contributed by atoms with Gasteiger partial charge < -0.3 is 4.90 Å². The van der Waals surface area contributed by atoms with Crippen molar-refractivity contribution < 1.29 is 0 Å². The van der Waals surface area contributed by atoms with Crippen LogP contribution in [0, 0.1) is 17.2 Å².